The Kier molecular flexibility index (Phi) is 2.41. The van der Waals surface area contributed by atoms with E-state index in [0.29, 0.717) is 11.5 Å². The van der Waals surface area contributed by atoms with Crippen LogP contribution in [0.25, 0.3) is 11.0 Å². The molecule has 1 saturated heterocycles. The first-order chi connectivity index (χ1) is 8.29. The molecule has 1 aliphatic heterocycles. The normalized spacial score (nSPS) is 24.5. The summed E-state index contributed by atoms with van der Waals surface area (Å²) in [5, 5.41) is 14.0. The molecule has 3 rings (SSSR count). The van der Waals surface area contributed by atoms with Gasteiger partial charge in [0.25, 0.3) is 0 Å². The number of aromatic nitrogens is 4. The molecule has 17 heavy (non-hydrogen) atoms. The molecule has 2 atom stereocenters. The first-order valence-electron chi connectivity index (χ1n) is 5.49. The van der Waals surface area contributed by atoms with Gasteiger partial charge >= 0.3 is 0 Å². The van der Waals surface area contributed by atoms with Crippen molar-refractivity contribution in [1.82, 2.24) is 19.7 Å². The number of nitrogen functional groups attached to an aromatic ring is 1. The van der Waals surface area contributed by atoms with E-state index in [0.717, 1.165) is 18.2 Å². The lowest BCUT2D eigenvalue weighted by atomic mass is 10.2. The molecule has 0 spiro atoms. The molecule has 1 aliphatic rings. The number of rotatable bonds is 2. The zero-order valence-corrected chi connectivity index (χ0v) is 9.15. The highest BCUT2D eigenvalue weighted by molar-refractivity contribution is 5.84. The second-order valence-corrected chi connectivity index (χ2v) is 4.06. The number of nitrogens with zero attached hydrogens (tertiary/aromatic N) is 4. The predicted molar refractivity (Wildman–Crippen MR) is 60.0 cm³/mol. The van der Waals surface area contributed by atoms with Crippen LogP contribution in [0, 0.1) is 0 Å². The van der Waals surface area contributed by atoms with Crippen LogP contribution in [0.2, 0.25) is 0 Å². The van der Waals surface area contributed by atoms with Crippen molar-refractivity contribution in [2.24, 2.45) is 0 Å². The second-order valence-electron chi connectivity index (χ2n) is 4.06. The maximum atomic E-state index is 9.04. The molecule has 0 unspecified atom stereocenters. The van der Waals surface area contributed by atoms with Gasteiger partial charge in [0.2, 0.25) is 0 Å². The summed E-state index contributed by atoms with van der Waals surface area (Å²) in [6, 6.07) is 0. The van der Waals surface area contributed by atoms with E-state index < -0.39 is 0 Å². The lowest BCUT2D eigenvalue weighted by Gasteiger charge is -2.12. The quantitative estimate of drug-likeness (QED) is 0.764. The Labute approximate surface area is 97.2 Å². The number of ether oxygens (including phenoxy) is 1. The number of anilines is 1. The minimum Gasteiger partial charge on any atom is -0.394 e. The van der Waals surface area contributed by atoms with Gasteiger partial charge in [-0.1, -0.05) is 0 Å². The molecule has 0 amide bonds. The number of hydrogen-bond donors (Lipinski definition) is 2. The highest BCUT2D eigenvalue weighted by Crippen LogP contribution is 2.30. The fourth-order valence-corrected chi connectivity index (χ4v) is 2.09. The van der Waals surface area contributed by atoms with Gasteiger partial charge in [-0.3, -0.25) is 0 Å². The minimum atomic E-state index is -0.182. The summed E-state index contributed by atoms with van der Waals surface area (Å²) in [6.45, 7) is 0.0345. The lowest BCUT2D eigenvalue weighted by Crippen LogP contribution is -2.15. The Hall–Kier alpha value is -1.73. The summed E-state index contributed by atoms with van der Waals surface area (Å²) in [7, 11) is 0. The first kappa shape index (κ1) is 10.4. The molecule has 7 nitrogen and oxygen atoms in total. The van der Waals surface area contributed by atoms with Crippen LogP contribution in [0.3, 0.4) is 0 Å². The van der Waals surface area contributed by atoms with Crippen molar-refractivity contribution in [3.8, 4) is 0 Å². The van der Waals surface area contributed by atoms with Crippen LogP contribution >= 0.6 is 0 Å². The van der Waals surface area contributed by atoms with Crippen LogP contribution in [-0.4, -0.2) is 37.6 Å². The average molecular weight is 235 g/mol. The van der Waals surface area contributed by atoms with Crippen molar-refractivity contribution >= 4 is 16.9 Å². The monoisotopic (exact) mass is 235 g/mol. The molecule has 0 radical (unpaired) electrons. The van der Waals surface area contributed by atoms with E-state index in [1.807, 2.05) is 0 Å². The summed E-state index contributed by atoms with van der Waals surface area (Å²) in [6.07, 6.45) is 4.39. The predicted octanol–water partition coefficient (Wildman–Crippen LogP) is 0.0784. The van der Waals surface area contributed by atoms with Crippen molar-refractivity contribution < 1.29 is 9.84 Å². The molecule has 7 heteroatoms. The molecule has 3 heterocycles. The van der Waals surface area contributed by atoms with Crippen LogP contribution in [-0.2, 0) is 4.74 Å². The first-order valence-corrected chi connectivity index (χ1v) is 5.49. The fraction of sp³-hybridized carbons (Fsp3) is 0.500. The van der Waals surface area contributed by atoms with Gasteiger partial charge in [0.05, 0.1) is 24.3 Å². The summed E-state index contributed by atoms with van der Waals surface area (Å²) >= 11 is 0. The SMILES string of the molecule is Nc1ncnc2c1cnn2[C@H]1CC[C@@H](CO)O1. The van der Waals surface area contributed by atoms with E-state index in [1.165, 1.54) is 6.33 Å². The Morgan fingerprint density at radius 1 is 1.47 bits per heavy atom. The van der Waals surface area contributed by atoms with Gasteiger partial charge in [0, 0.05) is 0 Å². The standard InChI is InChI=1S/C10H13N5O2/c11-9-7-3-14-15(10(7)13-5-12-9)8-2-1-6(4-16)17-8/h3,5-6,8,16H,1-2,4H2,(H2,11,12,13)/t6-,8+/m0/s1. The number of hydrogen-bond acceptors (Lipinski definition) is 6. The Bertz CT molecular complexity index is 540. The Morgan fingerprint density at radius 3 is 3.12 bits per heavy atom. The van der Waals surface area contributed by atoms with Crippen molar-refractivity contribution in [1.29, 1.82) is 0 Å². The van der Waals surface area contributed by atoms with Gasteiger partial charge in [0.1, 0.15) is 12.1 Å². The van der Waals surface area contributed by atoms with E-state index >= 15 is 0 Å². The third-order valence-electron chi connectivity index (χ3n) is 2.98. The molecule has 0 saturated carbocycles. The largest absolute Gasteiger partial charge is 0.394 e. The third kappa shape index (κ3) is 1.63. The number of aliphatic hydroxyl groups excluding tert-OH is 1. The van der Waals surface area contributed by atoms with Crippen molar-refractivity contribution in [2.75, 3.05) is 12.3 Å². The number of fused-ring (bicyclic) bond motifs is 1. The Morgan fingerprint density at radius 2 is 2.35 bits per heavy atom. The summed E-state index contributed by atoms with van der Waals surface area (Å²) in [5.41, 5.74) is 6.40. The van der Waals surface area contributed by atoms with Crippen molar-refractivity contribution in [2.45, 2.75) is 25.2 Å². The Balaban J connectivity index is 1.99. The molecule has 3 N–H and O–H groups in total. The molecule has 90 valence electrons. The highest BCUT2D eigenvalue weighted by Gasteiger charge is 2.28. The van der Waals surface area contributed by atoms with Gasteiger partial charge in [-0.25, -0.2) is 14.6 Å². The molecule has 0 aromatic carbocycles. The summed E-state index contributed by atoms with van der Waals surface area (Å²) < 4.78 is 7.35. The average Bonchev–Trinajstić information content (AvgIpc) is 2.94. The van der Waals surface area contributed by atoms with E-state index in [1.54, 1.807) is 10.9 Å². The lowest BCUT2D eigenvalue weighted by molar-refractivity contribution is -0.0262. The topological polar surface area (TPSA) is 99.1 Å². The second kappa shape index (κ2) is 3.94. The zero-order chi connectivity index (χ0) is 11.8. The van der Waals surface area contributed by atoms with E-state index in [4.69, 9.17) is 15.6 Å². The van der Waals surface area contributed by atoms with Gasteiger partial charge in [-0.15, -0.1) is 0 Å². The number of aliphatic hydroxyl groups is 1. The zero-order valence-electron chi connectivity index (χ0n) is 9.15. The van der Waals surface area contributed by atoms with E-state index in [-0.39, 0.29) is 18.9 Å². The van der Waals surface area contributed by atoms with Crippen LogP contribution in [0.5, 0.6) is 0 Å². The van der Waals surface area contributed by atoms with Gasteiger partial charge in [0.15, 0.2) is 11.9 Å². The molecule has 0 bridgehead atoms. The molecule has 0 aliphatic carbocycles. The van der Waals surface area contributed by atoms with E-state index in [2.05, 4.69) is 15.1 Å². The molecule has 1 fully saturated rings. The van der Waals surface area contributed by atoms with Crippen LogP contribution in [0.1, 0.15) is 19.1 Å². The third-order valence-corrected chi connectivity index (χ3v) is 2.98. The minimum absolute atomic E-state index is 0.0345. The smallest absolute Gasteiger partial charge is 0.165 e. The van der Waals surface area contributed by atoms with Crippen LogP contribution in [0.15, 0.2) is 12.5 Å². The van der Waals surface area contributed by atoms with Crippen molar-refractivity contribution in [3.63, 3.8) is 0 Å². The summed E-state index contributed by atoms with van der Waals surface area (Å²) in [4.78, 5) is 8.08. The molecule has 2 aromatic heterocycles. The maximum absolute atomic E-state index is 9.04. The number of nitrogens with two attached hydrogens (primary N) is 1. The highest BCUT2D eigenvalue weighted by atomic mass is 16.5. The van der Waals surface area contributed by atoms with Gasteiger partial charge < -0.3 is 15.6 Å². The van der Waals surface area contributed by atoms with E-state index in [9.17, 15) is 0 Å². The summed E-state index contributed by atoms with van der Waals surface area (Å²) in [5.74, 6) is 0.415. The van der Waals surface area contributed by atoms with Crippen LogP contribution < -0.4 is 5.73 Å². The van der Waals surface area contributed by atoms with Crippen LogP contribution in [0.4, 0.5) is 5.82 Å². The van der Waals surface area contributed by atoms with Gasteiger partial charge in [-0.2, -0.15) is 5.10 Å². The maximum Gasteiger partial charge on any atom is 0.165 e. The molecular weight excluding hydrogens is 222 g/mol. The van der Waals surface area contributed by atoms with Crippen molar-refractivity contribution in [3.05, 3.63) is 12.5 Å². The molecular formula is C10H13N5O2. The van der Waals surface area contributed by atoms with Gasteiger partial charge in [-0.05, 0) is 12.8 Å². The molecule has 2 aromatic rings. The fourth-order valence-electron chi connectivity index (χ4n) is 2.09.